The van der Waals surface area contributed by atoms with Gasteiger partial charge in [0.2, 0.25) is 11.7 Å². The van der Waals surface area contributed by atoms with Gasteiger partial charge in [-0.25, -0.2) is 9.78 Å². The third kappa shape index (κ3) is 4.76. The standard InChI is InChI=1S/C22H26N6O3/c1-3-20-25-21(26-31-20)16-9-10-19(23-15-16)27-11-13-28(14-12-27)22(29)24-17-7-5-6-8-18(17)30-4-2/h5-10,15H,3-4,11-14H2,1-2H3,(H,24,29). The normalized spacial score (nSPS) is 13.9. The second-order valence-corrected chi connectivity index (χ2v) is 7.10. The lowest BCUT2D eigenvalue weighted by molar-refractivity contribution is 0.208. The summed E-state index contributed by atoms with van der Waals surface area (Å²) in [4.78, 5) is 25.5. The highest BCUT2D eigenvalue weighted by atomic mass is 16.5. The number of ether oxygens (including phenoxy) is 1. The molecule has 9 heteroatoms. The zero-order valence-electron chi connectivity index (χ0n) is 17.7. The van der Waals surface area contributed by atoms with E-state index >= 15 is 0 Å². The number of aromatic nitrogens is 3. The molecule has 0 aliphatic carbocycles. The molecule has 0 unspecified atom stereocenters. The van der Waals surface area contributed by atoms with Crippen LogP contribution in [0.3, 0.4) is 0 Å². The minimum absolute atomic E-state index is 0.126. The van der Waals surface area contributed by atoms with Crippen LogP contribution in [0.4, 0.5) is 16.3 Å². The third-order valence-corrected chi connectivity index (χ3v) is 5.10. The van der Waals surface area contributed by atoms with Crippen LogP contribution < -0.4 is 15.0 Å². The molecule has 2 amide bonds. The third-order valence-electron chi connectivity index (χ3n) is 5.10. The van der Waals surface area contributed by atoms with Gasteiger partial charge in [0.25, 0.3) is 0 Å². The first-order chi connectivity index (χ1) is 15.2. The van der Waals surface area contributed by atoms with Crippen molar-refractivity contribution in [2.75, 3.05) is 43.0 Å². The molecule has 1 saturated heterocycles. The van der Waals surface area contributed by atoms with E-state index in [0.29, 0.717) is 62.4 Å². The van der Waals surface area contributed by atoms with Crippen molar-refractivity contribution in [2.24, 2.45) is 0 Å². The van der Waals surface area contributed by atoms with E-state index in [-0.39, 0.29) is 6.03 Å². The van der Waals surface area contributed by atoms with Gasteiger partial charge in [-0.15, -0.1) is 0 Å². The Kier molecular flexibility index (Phi) is 6.30. The van der Waals surface area contributed by atoms with Crippen LogP contribution in [0, 0.1) is 0 Å². The highest BCUT2D eigenvalue weighted by Gasteiger charge is 2.23. The number of nitrogens with one attached hydrogen (secondary N) is 1. The van der Waals surface area contributed by atoms with Crippen molar-refractivity contribution in [1.29, 1.82) is 0 Å². The van der Waals surface area contributed by atoms with Crippen molar-refractivity contribution in [3.8, 4) is 17.1 Å². The smallest absolute Gasteiger partial charge is 0.322 e. The number of carbonyl (C=O) groups excluding carboxylic acids is 1. The van der Waals surface area contributed by atoms with E-state index in [2.05, 4.69) is 25.3 Å². The van der Waals surface area contributed by atoms with Gasteiger partial charge in [0.15, 0.2) is 0 Å². The highest BCUT2D eigenvalue weighted by Crippen LogP contribution is 2.24. The van der Waals surface area contributed by atoms with Crippen molar-refractivity contribution in [2.45, 2.75) is 20.3 Å². The number of rotatable bonds is 6. The maximum Gasteiger partial charge on any atom is 0.322 e. The average Bonchev–Trinajstić information content (AvgIpc) is 3.30. The molecule has 3 heterocycles. The summed E-state index contributed by atoms with van der Waals surface area (Å²) < 4.78 is 10.7. The van der Waals surface area contributed by atoms with Crippen LogP contribution in [0.2, 0.25) is 0 Å². The van der Waals surface area contributed by atoms with E-state index in [4.69, 9.17) is 9.26 Å². The molecule has 4 rings (SSSR count). The molecule has 0 bridgehead atoms. The number of amides is 2. The lowest BCUT2D eigenvalue weighted by Gasteiger charge is -2.35. The molecule has 1 aliphatic rings. The summed E-state index contributed by atoms with van der Waals surface area (Å²) in [5, 5.41) is 6.94. The largest absolute Gasteiger partial charge is 0.492 e. The first kappa shape index (κ1) is 20.6. The van der Waals surface area contributed by atoms with Crippen LogP contribution in [0.15, 0.2) is 47.1 Å². The molecule has 2 aromatic heterocycles. The summed E-state index contributed by atoms with van der Waals surface area (Å²) in [6.45, 7) is 7.06. The number of hydrogen-bond acceptors (Lipinski definition) is 7. The lowest BCUT2D eigenvalue weighted by atomic mass is 10.2. The average molecular weight is 422 g/mol. The van der Waals surface area contributed by atoms with Gasteiger partial charge in [-0.05, 0) is 31.2 Å². The zero-order valence-corrected chi connectivity index (χ0v) is 17.7. The molecule has 0 radical (unpaired) electrons. The van der Waals surface area contributed by atoms with Crippen LogP contribution in [-0.2, 0) is 6.42 Å². The first-order valence-electron chi connectivity index (χ1n) is 10.5. The fourth-order valence-corrected chi connectivity index (χ4v) is 3.41. The molecule has 1 aliphatic heterocycles. The second-order valence-electron chi connectivity index (χ2n) is 7.10. The van der Waals surface area contributed by atoms with E-state index in [1.165, 1.54) is 0 Å². The summed E-state index contributed by atoms with van der Waals surface area (Å²) in [5.74, 6) is 2.70. The van der Waals surface area contributed by atoms with E-state index in [1.807, 2.05) is 50.2 Å². The Balaban J connectivity index is 1.33. The topological polar surface area (TPSA) is 96.6 Å². The van der Waals surface area contributed by atoms with Crippen LogP contribution in [-0.4, -0.2) is 58.8 Å². The van der Waals surface area contributed by atoms with Crippen molar-refractivity contribution < 1.29 is 14.1 Å². The minimum atomic E-state index is -0.126. The SMILES string of the molecule is CCOc1ccccc1NC(=O)N1CCN(c2ccc(-c3noc(CC)n3)cn2)CC1. The number of hydrogen-bond donors (Lipinski definition) is 1. The molecule has 31 heavy (non-hydrogen) atoms. The number of para-hydroxylation sites is 2. The molecule has 0 saturated carbocycles. The Morgan fingerprint density at radius 2 is 1.94 bits per heavy atom. The van der Waals surface area contributed by atoms with Gasteiger partial charge in [0.1, 0.15) is 11.6 Å². The quantitative estimate of drug-likeness (QED) is 0.650. The molecule has 162 valence electrons. The fourth-order valence-electron chi connectivity index (χ4n) is 3.41. The minimum Gasteiger partial charge on any atom is -0.492 e. The summed E-state index contributed by atoms with van der Waals surface area (Å²) >= 11 is 0. The van der Waals surface area contributed by atoms with E-state index in [0.717, 1.165) is 11.4 Å². The van der Waals surface area contributed by atoms with Crippen molar-refractivity contribution in [1.82, 2.24) is 20.0 Å². The van der Waals surface area contributed by atoms with Crippen LogP contribution in [0.1, 0.15) is 19.7 Å². The Morgan fingerprint density at radius 1 is 1.13 bits per heavy atom. The van der Waals surface area contributed by atoms with Gasteiger partial charge >= 0.3 is 6.03 Å². The van der Waals surface area contributed by atoms with E-state index in [9.17, 15) is 4.79 Å². The summed E-state index contributed by atoms with van der Waals surface area (Å²) in [6, 6.07) is 11.2. The number of anilines is 2. The predicted molar refractivity (Wildman–Crippen MR) is 117 cm³/mol. The zero-order chi connectivity index (χ0) is 21.6. The highest BCUT2D eigenvalue weighted by molar-refractivity contribution is 5.91. The van der Waals surface area contributed by atoms with E-state index in [1.54, 1.807) is 11.1 Å². The van der Waals surface area contributed by atoms with Gasteiger partial charge in [-0.1, -0.05) is 24.2 Å². The second kappa shape index (κ2) is 9.46. The number of urea groups is 1. The fraction of sp³-hybridized carbons (Fsp3) is 0.364. The van der Waals surface area contributed by atoms with Gasteiger partial charge in [-0.3, -0.25) is 0 Å². The van der Waals surface area contributed by atoms with Crippen LogP contribution in [0.5, 0.6) is 5.75 Å². The summed E-state index contributed by atoms with van der Waals surface area (Å²) in [5.41, 5.74) is 1.50. The van der Waals surface area contributed by atoms with E-state index < -0.39 is 0 Å². The molecular formula is C22H26N6O3. The molecular weight excluding hydrogens is 396 g/mol. The number of piperazine rings is 1. The molecule has 9 nitrogen and oxygen atoms in total. The summed E-state index contributed by atoms with van der Waals surface area (Å²) in [7, 11) is 0. The number of pyridine rings is 1. The predicted octanol–water partition coefficient (Wildman–Crippen LogP) is 3.45. The molecule has 1 N–H and O–H groups in total. The van der Waals surface area contributed by atoms with Gasteiger partial charge < -0.3 is 24.4 Å². The molecule has 0 atom stereocenters. The number of aryl methyl sites for hydroxylation is 1. The monoisotopic (exact) mass is 422 g/mol. The first-order valence-corrected chi connectivity index (χ1v) is 10.5. The maximum absolute atomic E-state index is 12.7. The van der Waals surface area contributed by atoms with Crippen molar-refractivity contribution >= 4 is 17.5 Å². The Morgan fingerprint density at radius 3 is 2.61 bits per heavy atom. The molecule has 0 spiro atoms. The molecule has 1 fully saturated rings. The van der Waals surface area contributed by atoms with Gasteiger partial charge in [0, 0.05) is 44.4 Å². The van der Waals surface area contributed by atoms with Crippen molar-refractivity contribution in [3.63, 3.8) is 0 Å². The van der Waals surface area contributed by atoms with Crippen LogP contribution in [0.25, 0.3) is 11.4 Å². The number of nitrogens with zero attached hydrogens (tertiary/aromatic N) is 5. The molecule has 1 aromatic carbocycles. The number of carbonyl (C=O) groups is 1. The Hall–Kier alpha value is -3.62. The summed E-state index contributed by atoms with van der Waals surface area (Å²) in [6.07, 6.45) is 2.46. The van der Waals surface area contributed by atoms with Gasteiger partial charge in [0.05, 0.1) is 12.3 Å². The Labute approximate surface area is 181 Å². The van der Waals surface area contributed by atoms with Crippen LogP contribution >= 0.6 is 0 Å². The molecule has 3 aromatic rings. The maximum atomic E-state index is 12.7. The lowest BCUT2D eigenvalue weighted by Crippen LogP contribution is -2.50. The van der Waals surface area contributed by atoms with Crippen molar-refractivity contribution in [3.05, 3.63) is 48.5 Å². The van der Waals surface area contributed by atoms with Gasteiger partial charge in [-0.2, -0.15) is 4.98 Å². The number of benzene rings is 1. The Bertz CT molecular complexity index is 1010.